The summed E-state index contributed by atoms with van der Waals surface area (Å²) in [5.41, 5.74) is 3.20. The molecule has 0 unspecified atom stereocenters. The highest BCUT2D eigenvalue weighted by Gasteiger charge is 2.29. The van der Waals surface area contributed by atoms with Crippen molar-refractivity contribution in [3.8, 4) is 5.75 Å². The highest BCUT2D eigenvalue weighted by Crippen LogP contribution is 2.21. The first-order valence-corrected chi connectivity index (χ1v) is 11.1. The smallest absolute Gasteiger partial charge is 0.282 e. The average molecular weight is 426 g/mol. The van der Waals surface area contributed by atoms with Crippen LogP contribution in [0.5, 0.6) is 5.75 Å². The van der Waals surface area contributed by atoms with Crippen LogP contribution < -0.4 is 24.8 Å². The predicted molar refractivity (Wildman–Crippen MR) is 123 cm³/mol. The molecule has 0 saturated carbocycles. The molecule has 7 nitrogen and oxygen atoms in total. The van der Waals surface area contributed by atoms with Crippen LogP contribution in [0, 0.1) is 0 Å². The van der Waals surface area contributed by atoms with Crippen LogP contribution in [-0.2, 0) is 9.53 Å². The Balaban J connectivity index is 1.28. The van der Waals surface area contributed by atoms with Crippen LogP contribution >= 0.6 is 0 Å². The van der Waals surface area contributed by atoms with Gasteiger partial charge in [-0.05, 0) is 43.3 Å². The van der Waals surface area contributed by atoms with Crippen molar-refractivity contribution in [3.63, 3.8) is 0 Å². The van der Waals surface area contributed by atoms with Gasteiger partial charge in [0.1, 0.15) is 5.75 Å². The van der Waals surface area contributed by atoms with Crippen molar-refractivity contribution in [1.29, 1.82) is 0 Å². The topological polar surface area (TPSA) is 58.5 Å². The SMILES string of the molecule is COc1cccc(N2CC[NH+]([C@@H](C)C(=O)Nc3ccc(N4CCOCC4)cc3)CC2)c1. The number of hydrogen-bond acceptors (Lipinski definition) is 5. The van der Waals surface area contributed by atoms with Crippen molar-refractivity contribution in [2.75, 3.05) is 74.7 Å². The lowest BCUT2D eigenvalue weighted by Gasteiger charge is -2.36. The summed E-state index contributed by atoms with van der Waals surface area (Å²) < 4.78 is 10.8. The highest BCUT2D eigenvalue weighted by atomic mass is 16.5. The lowest BCUT2D eigenvalue weighted by atomic mass is 10.2. The van der Waals surface area contributed by atoms with Crippen LogP contribution in [-0.4, -0.2) is 71.5 Å². The number of quaternary nitrogens is 1. The molecule has 2 heterocycles. The number of hydrogen-bond donors (Lipinski definition) is 2. The summed E-state index contributed by atoms with van der Waals surface area (Å²) in [5.74, 6) is 0.948. The number of anilines is 3. The number of methoxy groups -OCH3 is 1. The fraction of sp³-hybridized carbons (Fsp3) is 0.458. The summed E-state index contributed by atoms with van der Waals surface area (Å²) in [5, 5.41) is 3.09. The first-order valence-electron chi connectivity index (χ1n) is 11.1. The maximum atomic E-state index is 12.8. The lowest BCUT2D eigenvalue weighted by Crippen LogP contribution is -3.19. The summed E-state index contributed by atoms with van der Waals surface area (Å²) >= 11 is 0. The Bertz CT molecular complexity index is 859. The zero-order chi connectivity index (χ0) is 21.6. The molecular weight excluding hydrogens is 392 g/mol. The van der Waals surface area contributed by atoms with Gasteiger partial charge in [-0.2, -0.15) is 0 Å². The van der Waals surface area contributed by atoms with E-state index in [9.17, 15) is 4.79 Å². The molecule has 2 fully saturated rings. The number of piperazine rings is 1. The minimum atomic E-state index is -0.0913. The summed E-state index contributed by atoms with van der Waals surface area (Å²) in [6.45, 7) is 9.09. The Kier molecular flexibility index (Phi) is 6.94. The van der Waals surface area contributed by atoms with Crippen molar-refractivity contribution in [3.05, 3.63) is 48.5 Å². The standard InChI is InChI=1S/C24H32N4O3/c1-19(26-10-12-27(13-11-26)22-4-3-5-23(18-22)30-2)24(29)25-20-6-8-21(9-7-20)28-14-16-31-17-15-28/h3-9,18-19H,10-17H2,1-2H3,(H,25,29)/p+1/t19-/m0/s1. The Morgan fingerprint density at radius 2 is 1.68 bits per heavy atom. The van der Waals surface area contributed by atoms with E-state index in [1.54, 1.807) is 7.11 Å². The third-order valence-corrected chi connectivity index (χ3v) is 6.34. The number of carbonyl (C=O) groups is 1. The molecule has 2 N–H and O–H groups in total. The fourth-order valence-corrected chi connectivity index (χ4v) is 4.31. The molecule has 1 atom stereocenters. The molecule has 2 aliphatic rings. The van der Waals surface area contributed by atoms with Crippen molar-refractivity contribution in [2.45, 2.75) is 13.0 Å². The lowest BCUT2D eigenvalue weighted by molar-refractivity contribution is -0.914. The molecular formula is C24H33N4O3+. The minimum absolute atomic E-state index is 0.0731. The normalized spacial score (nSPS) is 18.5. The summed E-state index contributed by atoms with van der Waals surface area (Å²) in [7, 11) is 1.69. The monoisotopic (exact) mass is 425 g/mol. The van der Waals surface area contributed by atoms with E-state index < -0.39 is 0 Å². The molecule has 2 aliphatic heterocycles. The molecule has 0 radical (unpaired) electrons. The van der Waals surface area contributed by atoms with Gasteiger partial charge in [0.2, 0.25) is 0 Å². The third kappa shape index (κ3) is 5.29. The van der Waals surface area contributed by atoms with Crippen LogP contribution in [0.4, 0.5) is 17.1 Å². The van der Waals surface area contributed by atoms with Gasteiger partial charge in [0.05, 0.1) is 46.5 Å². The first kappa shape index (κ1) is 21.5. The molecule has 0 aliphatic carbocycles. The second-order valence-corrected chi connectivity index (χ2v) is 8.20. The number of nitrogens with zero attached hydrogens (tertiary/aromatic N) is 2. The first-order chi connectivity index (χ1) is 15.1. The molecule has 7 heteroatoms. The maximum absolute atomic E-state index is 12.8. The molecule has 1 amide bonds. The van der Waals surface area contributed by atoms with Crippen LogP contribution in [0.15, 0.2) is 48.5 Å². The van der Waals surface area contributed by atoms with Gasteiger partial charge in [-0.25, -0.2) is 0 Å². The van der Waals surface area contributed by atoms with E-state index in [1.165, 1.54) is 16.3 Å². The highest BCUT2D eigenvalue weighted by molar-refractivity contribution is 5.93. The van der Waals surface area contributed by atoms with Gasteiger partial charge in [-0.1, -0.05) is 6.07 Å². The second kappa shape index (κ2) is 10.0. The Morgan fingerprint density at radius 3 is 2.35 bits per heavy atom. The minimum Gasteiger partial charge on any atom is -0.497 e. The van der Waals surface area contributed by atoms with Gasteiger partial charge in [0, 0.05) is 36.2 Å². The third-order valence-electron chi connectivity index (χ3n) is 6.34. The number of rotatable bonds is 6. The molecule has 2 saturated heterocycles. The van der Waals surface area contributed by atoms with E-state index in [0.717, 1.165) is 63.9 Å². The van der Waals surface area contributed by atoms with E-state index in [-0.39, 0.29) is 11.9 Å². The average Bonchev–Trinajstić information content (AvgIpc) is 2.84. The van der Waals surface area contributed by atoms with Gasteiger partial charge in [0.25, 0.3) is 5.91 Å². The van der Waals surface area contributed by atoms with E-state index >= 15 is 0 Å². The Labute approximate surface area is 184 Å². The Hall–Kier alpha value is -2.77. The molecule has 2 aromatic rings. The molecule has 0 spiro atoms. The van der Waals surface area contributed by atoms with Gasteiger partial charge in [-0.3, -0.25) is 4.79 Å². The van der Waals surface area contributed by atoms with Crippen LogP contribution in [0.25, 0.3) is 0 Å². The van der Waals surface area contributed by atoms with Crippen molar-refractivity contribution >= 4 is 23.0 Å². The van der Waals surface area contributed by atoms with E-state index in [4.69, 9.17) is 9.47 Å². The molecule has 2 aromatic carbocycles. The van der Waals surface area contributed by atoms with Crippen molar-refractivity contribution in [1.82, 2.24) is 0 Å². The maximum Gasteiger partial charge on any atom is 0.282 e. The van der Waals surface area contributed by atoms with Crippen LogP contribution in [0.2, 0.25) is 0 Å². The molecule has 0 bridgehead atoms. The van der Waals surface area contributed by atoms with Crippen LogP contribution in [0.1, 0.15) is 6.92 Å². The quantitative estimate of drug-likeness (QED) is 0.730. The van der Waals surface area contributed by atoms with Gasteiger partial charge < -0.3 is 29.5 Å². The Morgan fingerprint density at radius 1 is 1.00 bits per heavy atom. The molecule has 4 rings (SSSR count). The predicted octanol–water partition coefficient (Wildman–Crippen LogP) is 1.26. The van der Waals surface area contributed by atoms with Crippen molar-refractivity contribution in [2.24, 2.45) is 0 Å². The fourth-order valence-electron chi connectivity index (χ4n) is 4.31. The zero-order valence-corrected chi connectivity index (χ0v) is 18.5. The number of carbonyl (C=O) groups excluding carboxylic acids is 1. The largest absolute Gasteiger partial charge is 0.497 e. The van der Waals surface area contributed by atoms with Gasteiger partial charge >= 0.3 is 0 Å². The van der Waals surface area contributed by atoms with E-state index in [0.29, 0.717) is 0 Å². The number of ether oxygens (including phenoxy) is 2. The van der Waals surface area contributed by atoms with Crippen molar-refractivity contribution < 1.29 is 19.2 Å². The molecule has 31 heavy (non-hydrogen) atoms. The second-order valence-electron chi connectivity index (χ2n) is 8.20. The number of amides is 1. The van der Waals surface area contributed by atoms with Crippen LogP contribution in [0.3, 0.4) is 0 Å². The summed E-state index contributed by atoms with van der Waals surface area (Å²) in [6, 6.07) is 16.2. The van der Waals surface area contributed by atoms with Gasteiger partial charge in [-0.15, -0.1) is 0 Å². The summed E-state index contributed by atoms with van der Waals surface area (Å²) in [6.07, 6.45) is 0. The molecule has 166 valence electrons. The molecule has 0 aromatic heterocycles. The van der Waals surface area contributed by atoms with Gasteiger partial charge in [0.15, 0.2) is 6.04 Å². The number of morpholine rings is 1. The zero-order valence-electron chi connectivity index (χ0n) is 18.5. The van der Waals surface area contributed by atoms with E-state index in [2.05, 4.69) is 39.4 Å². The number of benzene rings is 2. The van der Waals surface area contributed by atoms with E-state index in [1.807, 2.05) is 31.2 Å². The number of nitrogens with one attached hydrogen (secondary N) is 2. The summed E-state index contributed by atoms with van der Waals surface area (Å²) in [4.78, 5) is 18.8.